The molecule has 3 saturated carbocycles. The van der Waals surface area contributed by atoms with Crippen molar-refractivity contribution in [3.05, 3.63) is 42.1 Å². The summed E-state index contributed by atoms with van der Waals surface area (Å²) in [6.07, 6.45) is 9.63. The van der Waals surface area contributed by atoms with E-state index in [1.54, 1.807) is 6.07 Å². The highest BCUT2D eigenvalue weighted by molar-refractivity contribution is 5.75. The van der Waals surface area contributed by atoms with Gasteiger partial charge in [0.2, 0.25) is 5.88 Å². The van der Waals surface area contributed by atoms with Crippen molar-refractivity contribution in [1.82, 2.24) is 20.4 Å². The Labute approximate surface area is 214 Å². The van der Waals surface area contributed by atoms with Gasteiger partial charge in [-0.25, -0.2) is 8.78 Å². The molecule has 2 heterocycles. The maximum atomic E-state index is 15.3. The molecule has 3 atom stereocenters. The van der Waals surface area contributed by atoms with Crippen LogP contribution in [-0.2, 0) is 0 Å². The number of aromatic nitrogens is 4. The van der Waals surface area contributed by atoms with E-state index in [-0.39, 0.29) is 28.3 Å². The fraction of sp³-hybridized carbons (Fsp3) is 0.500. The zero-order valence-electron chi connectivity index (χ0n) is 21.3. The highest BCUT2D eigenvalue weighted by Crippen LogP contribution is 2.59. The number of phenols is 1. The van der Waals surface area contributed by atoms with Crippen LogP contribution in [0.5, 0.6) is 11.6 Å². The molecule has 1 N–H and O–H groups in total. The van der Waals surface area contributed by atoms with Crippen molar-refractivity contribution in [3.8, 4) is 34.0 Å². The van der Waals surface area contributed by atoms with Gasteiger partial charge in [0.15, 0.2) is 17.5 Å². The van der Waals surface area contributed by atoms with Gasteiger partial charge in [-0.3, -0.25) is 0 Å². The molecule has 3 aliphatic rings. The minimum atomic E-state index is -1.20. The predicted molar refractivity (Wildman–Crippen MR) is 135 cm³/mol. The summed E-state index contributed by atoms with van der Waals surface area (Å²) in [7, 11) is 1.40. The van der Waals surface area contributed by atoms with Crippen LogP contribution in [0, 0.1) is 22.5 Å². The number of anilines is 1. The minimum absolute atomic E-state index is 0.0769. The van der Waals surface area contributed by atoms with Crippen LogP contribution in [0.2, 0.25) is 0 Å². The van der Waals surface area contributed by atoms with E-state index in [1.807, 2.05) is 6.07 Å². The SMILES string of the molecule is COc1cc(-c2cc(O)c(-c3ccc(N(C4CC4)C4C[C@]5(C)CC[C@](C)(C4)C5)nn3)c(F)c2F)cnn1. The van der Waals surface area contributed by atoms with Crippen molar-refractivity contribution in [2.24, 2.45) is 10.8 Å². The molecule has 1 aromatic carbocycles. The van der Waals surface area contributed by atoms with E-state index in [0.717, 1.165) is 37.6 Å². The second-order valence-corrected chi connectivity index (χ2v) is 11.7. The first-order valence-electron chi connectivity index (χ1n) is 12.9. The van der Waals surface area contributed by atoms with Crippen LogP contribution in [0.3, 0.4) is 0 Å². The highest BCUT2D eigenvalue weighted by atomic mass is 19.2. The molecule has 2 bridgehead atoms. The lowest BCUT2D eigenvalue weighted by atomic mass is 9.68. The Kier molecular flexibility index (Phi) is 5.58. The van der Waals surface area contributed by atoms with E-state index in [9.17, 15) is 5.11 Å². The number of fused-ring (bicyclic) bond motifs is 2. The molecule has 1 unspecified atom stereocenters. The third-order valence-corrected chi connectivity index (χ3v) is 8.49. The molecule has 3 aliphatic carbocycles. The first-order chi connectivity index (χ1) is 17.7. The third kappa shape index (κ3) is 4.28. The lowest BCUT2D eigenvalue weighted by Crippen LogP contribution is -2.46. The molecule has 9 heteroatoms. The van der Waals surface area contributed by atoms with Crippen molar-refractivity contribution in [3.63, 3.8) is 0 Å². The zero-order valence-corrected chi connectivity index (χ0v) is 21.3. The van der Waals surface area contributed by atoms with E-state index in [0.29, 0.717) is 22.9 Å². The van der Waals surface area contributed by atoms with Crippen molar-refractivity contribution < 1.29 is 18.6 Å². The van der Waals surface area contributed by atoms with Gasteiger partial charge in [-0.05, 0) is 74.0 Å². The molecular formula is C28H31F2N5O2. The van der Waals surface area contributed by atoms with Gasteiger partial charge in [0, 0.05) is 29.3 Å². The zero-order chi connectivity index (χ0) is 25.9. The molecule has 0 spiro atoms. The molecule has 0 amide bonds. The summed E-state index contributed by atoms with van der Waals surface area (Å²) in [5, 5.41) is 26.9. The van der Waals surface area contributed by atoms with Crippen molar-refractivity contribution in [2.75, 3.05) is 12.0 Å². The minimum Gasteiger partial charge on any atom is -0.507 e. The summed E-state index contributed by atoms with van der Waals surface area (Å²) >= 11 is 0. The van der Waals surface area contributed by atoms with Gasteiger partial charge in [-0.15, -0.1) is 15.3 Å². The number of hydrogen-bond donors (Lipinski definition) is 1. The molecule has 6 rings (SSSR count). The van der Waals surface area contributed by atoms with Gasteiger partial charge in [-0.1, -0.05) is 13.8 Å². The summed E-state index contributed by atoms with van der Waals surface area (Å²) in [6, 6.07) is 6.87. The van der Waals surface area contributed by atoms with Crippen molar-refractivity contribution in [1.29, 1.82) is 0 Å². The average Bonchev–Trinajstić information content (AvgIpc) is 3.67. The van der Waals surface area contributed by atoms with E-state index in [4.69, 9.17) is 4.74 Å². The molecule has 0 saturated heterocycles. The summed E-state index contributed by atoms with van der Waals surface area (Å²) in [4.78, 5) is 2.42. The summed E-state index contributed by atoms with van der Waals surface area (Å²) in [5.74, 6) is -1.84. The van der Waals surface area contributed by atoms with Crippen molar-refractivity contribution in [2.45, 2.75) is 70.9 Å². The van der Waals surface area contributed by atoms with Gasteiger partial charge in [0.25, 0.3) is 0 Å². The molecule has 3 aromatic rings. The first-order valence-corrected chi connectivity index (χ1v) is 12.9. The van der Waals surface area contributed by atoms with Gasteiger partial charge in [0.1, 0.15) is 5.75 Å². The number of rotatable bonds is 6. The van der Waals surface area contributed by atoms with Gasteiger partial charge < -0.3 is 14.7 Å². The number of hydrogen-bond acceptors (Lipinski definition) is 7. The van der Waals surface area contributed by atoms with E-state index < -0.39 is 17.4 Å². The van der Waals surface area contributed by atoms with E-state index in [1.165, 1.54) is 38.6 Å². The number of aromatic hydroxyl groups is 1. The smallest absolute Gasteiger partial charge is 0.233 e. The monoisotopic (exact) mass is 507 g/mol. The molecule has 7 nitrogen and oxygen atoms in total. The fourth-order valence-electron chi connectivity index (χ4n) is 6.85. The van der Waals surface area contributed by atoms with Crippen molar-refractivity contribution >= 4 is 5.82 Å². The van der Waals surface area contributed by atoms with Crippen LogP contribution in [-0.4, -0.2) is 44.7 Å². The van der Waals surface area contributed by atoms with Gasteiger partial charge >= 0.3 is 0 Å². The molecule has 2 aromatic heterocycles. The quantitative estimate of drug-likeness (QED) is 0.443. The standard InChI is InChI=1S/C28H31F2N5O2/c1-27-8-9-28(2,15-27)13-18(12-27)35(17-4-5-17)22-7-6-20(32-33-22)24-21(36)11-19(25(29)26(24)30)16-10-23(37-3)34-31-14-16/h6-7,10-11,14,17-18,36H,4-5,8-9,12-13,15H2,1-3H3/t18?,27-,28+. The molecule has 3 fully saturated rings. The van der Waals surface area contributed by atoms with Crippen LogP contribution in [0.15, 0.2) is 30.5 Å². The number of benzene rings is 1. The van der Waals surface area contributed by atoms with Crippen LogP contribution in [0.1, 0.15) is 58.8 Å². The van der Waals surface area contributed by atoms with E-state index >= 15 is 8.78 Å². The van der Waals surface area contributed by atoms with Gasteiger partial charge in [0.05, 0.1) is 24.6 Å². The summed E-state index contributed by atoms with van der Waals surface area (Å²) in [6.45, 7) is 4.82. The molecule has 194 valence electrons. The Morgan fingerprint density at radius 1 is 0.973 bits per heavy atom. The maximum absolute atomic E-state index is 15.3. The maximum Gasteiger partial charge on any atom is 0.233 e. The van der Waals surface area contributed by atoms with Crippen LogP contribution < -0.4 is 9.64 Å². The second kappa shape index (κ2) is 8.60. The van der Waals surface area contributed by atoms with E-state index in [2.05, 4.69) is 39.1 Å². The molecule has 0 radical (unpaired) electrons. The Morgan fingerprint density at radius 3 is 2.32 bits per heavy atom. The number of phenolic OH excluding ortho intramolecular Hbond substituents is 1. The topological polar surface area (TPSA) is 84.3 Å². The number of nitrogens with zero attached hydrogens (tertiary/aromatic N) is 5. The lowest BCUT2D eigenvalue weighted by molar-refractivity contribution is 0.145. The molecule has 37 heavy (non-hydrogen) atoms. The number of halogens is 2. The Balaban J connectivity index is 1.31. The number of ether oxygens (including phenoxy) is 1. The average molecular weight is 508 g/mol. The van der Waals surface area contributed by atoms with Gasteiger partial charge in [-0.2, -0.15) is 5.10 Å². The Morgan fingerprint density at radius 2 is 1.70 bits per heavy atom. The predicted octanol–water partition coefficient (Wildman–Crippen LogP) is 5.92. The highest BCUT2D eigenvalue weighted by Gasteiger charge is 2.52. The summed E-state index contributed by atoms with van der Waals surface area (Å²) in [5.41, 5.74) is 0.568. The molecular weight excluding hydrogens is 476 g/mol. The fourth-order valence-corrected chi connectivity index (χ4v) is 6.85. The largest absolute Gasteiger partial charge is 0.507 e. The second-order valence-electron chi connectivity index (χ2n) is 11.7. The van der Waals surface area contributed by atoms with Crippen LogP contribution in [0.4, 0.5) is 14.6 Å². The lowest BCUT2D eigenvalue weighted by Gasteiger charge is -2.45. The first kappa shape index (κ1) is 24.0. The molecule has 0 aliphatic heterocycles. The van der Waals surface area contributed by atoms with Crippen LogP contribution in [0.25, 0.3) is 22.4 Å². The normalized spacial score (nSPS) is 26.8. The summed E-state index contributed by atoms with van der Waals surface area (Å²) < 4.78 is 35.4. The third-order valence-electron chi connectivity index (χ3n) is 8.49. The Hall–Kier alpha value is -3.36. The van der Waals surface area contributed by atoms with Crippen LogP contribution >= 0.6 is 0 Å². The Bertz CT molecular complexity index is 1330. The number of methoxy groups -OCH3 is 1.